The molecule has 2 atom stereocenters. The van der Waals surface area contributed by atoms with Crippen molar-refractivity contribution in [3.8, 4) is 0 Å². The fourth-order valence-corrected chi connectivity index (χ4v) is 3.03. The monoisotopic (exact) mass is 277 g/mol. The zero-order valence-electron chi connectivity index (χ0n) is 11.8. The van der Waals surface area contributed by atoms with Crippen molar-refractivity contribution < 1.29 is 14.2 Å². The maximum absolute atomic E-state index is 6.14. The van der Waals surface area contributed by atoms with Crippen LogP contribution in [0.3, 0.4) is 0 Å². The third kappa shape index (κ3) is 2.88. The van der Waals surface area contributed by atoms with Crippen LogP contribution in [0.25, 0.3) is 0 Å². The molecule has 1 aromatic carbocycles. The van der Waals surface area contributed by atoms with E-state index in [0.29, 0.717) is 19.8 Å². The van der Waals surface area contributed by atoms with Crippen molar-refractivity contribution in [3.05, 3.63) is 35.4 Å². The summed E-state index contributed by atoms with van der Waals surface area (Å²) in [6.07, 6.45) is 2.99. The average molecular weight is 277 g/mol. The topological polar surface area (TPSA) is 53.7 Å². The van der Waals surface area contributed by atoms with E-state index in [-0.39, 0.29) is 11.7 Å². The maximum Gasteiger partial charge on any atom is 0.106 e. The number of rotatable bonds is 4. The lowest BCUT2D eigenvalue weighted by atomic mass is 9.95. The van der Waals surface area contributed by atoms with Gasteiger partial charge in [0.15, 0.2) is 0 Å². The number of ether oxygens (including phenoxy) is 3. The Morgan fingerprint density at radius 1 is 1.30 bits per heavy atom. The summed E-state index contributed by atoms with van der Waals surface area (Å²) >= 11 is 0. The lowest BCUT2D eigenvalue weighted by Gasteiger charge is -2.37. The van der Waals surface area contributed by atoms with Crippen molar-refractivity contribution in [2.24, 2.45) is 5.73 Å². The quantitative estimate of drug-likeness (QED) is 0.912. The van der Waals surface area contributed by atoms with Crippen LogP contribution in [0, 0.1) is 0 Å². The van der Waals surface area contributed by atoms with Gasteiger partial charge in [0, 0.05) is 13.2 Å². The van der Waals surface area contributed by atoms with Gasteiger partial charge in [0.05, 0.1) is 19.8 Å². The van der Waals surface area contributed by atoms with E-state index in [2.05, 4.69) is 24.3 Å². The van der Waals surface area contributed by atoms with Crippen LogP contribution >= 0.6 is 0 Å². The Bertz CT molecular complexity index is 443. The molecule has 110 valence electrons. The minimum absolute atomic E-state index is 0.0188. The van der Waals surface area contributed by atoms with Crippen molar-refractivity contribution in [2.45, 2.75) is 31.0 Å². The zero-order valence-corrected chi connectivity index (χ0v) is 11.8. The first-order chi connectivity index (χ1) is 9.83. The van der Waals surface area contributed by atoms with Crippen LogP contribution in [0.4, 0.5) is 0 Å². The highest BCUT2D eigenvalue weighted by atomic mass is 16.6. The van der Waals surface area contributed by atoms with Gasteiger partial charge in [0.2, 0.25) is 0 Å². The molecule has 0 spiro atoms. The summed E-state index contributed by atoms with van der Waals surface area (Å²) in [6.45, 7) is 3.22. The van der Waals surface area contributed by atoms with E-state index in [4.69, 9.17) is 19.9 Å². The Labute approximate surface area is 120 Å². The Kier molecular flexibility index (Phi) is 4.36. The molecule has 0 saturated carbocycles. The molecule has 1 saturated heterocycles. The van der Waals surface area contributed by atoms with Gasteiger partial charge >= 0.3 is 0 Å². The van der Waals surface area contributed by atoms with Gasteiger partial charge in [-0.2, -0.15) is 0 Å². The normalized spacial score (nSPS) is 29.9. The first-order valence-electron chi connectivity index (χ1n) is 7.44. The van der Waals surface area contributed by atoms with E-state index in [1.807, 2.05) is 0 Å². The molecular weight excluding hydrogens is 254 g/mol. The van der Waals surface area contributed by atoms with Crippen molar-refractivity contribution >= 4 is 0 Å². The predicted molar refractivity (Wildman–Crippen MR) is 76.6 cm³/mol. The molecule has 0 radical (unpaired) electrons. The van der Waals surface area contributed by atoms with Crippen LogP contribution in [-0.4, -0.2) is 38.6 Å². The highest BCUT2D eigenvalue weighted by molar-refractivity contribution is 5.30. The summed E-state index contributed by atoms with van der Waals surface area (Å²) in [4.78, 5) is 0. The maximum atomic E-state index is 6.14. The van der Waals surface area contributed by atoms with Crippen molar-refractivity contribution in [1.29, 1.82) is 0 Å². The highest BCUT2D eigenvalue weighted by Crippen LogP contribution is 2.30. The number of fused-ring (bicyclic) bond motifs is 1. The van der Waals surface area contributed by atoms with Crippen molar-refractivity contribution in [3.63, 3.8) is 0 Å². The average Bonchev–Trinajstić information content (AvgIpc) is 2.54. The van der Waals surface area contributed by atoms with Crippen LogP contribution in [0.1, 0.15) is 30.1 Å². The van der Waals surface area contributed by atoms with Gasteiger partial charge in [0.1, 0.15) is 11.7 Å². The Morgan fingerprint density at radius 3 is 3.00 bits per heavy atom. The minimum atomic E-state index is -0.325. The number of nitrogens with two attached hydrogens (primary N) is 1. The molecule has 1 aromatic rings. The standard InChI is InChI=1S/C16H23NO3/c17-11-16(7-3-8-18-12-16)20-10-15-14-5-2-1-4-13(14)6-9-19-15/h1-2,4-5,15H,3,6-12,17H2. The molecule has 3 rings (SSSR count). The molecule has 4 nitrogen and oxygen atoms in total. The SMILES string of the molecule is NCC1(OCC2OCCc3ccccc32)CCCOC1. The van der Waals surface area contributed by atoms with Crippen LogP contribution in [0.15, 0.2) is 24.3 Å². The fourth-order valence-electron chi connectivity index (χ4n) is 3.03. The van der Waals surface area contributed by atoms with E-state index in [0.717, 1.165) is 32.5 Å². The van der Waals surface area contributed by atoms with E-state index < -0.39 is 0 Å². The van der Waals surface area contributed by atoms with E-state index in [1.54, 1.807) is 0 Å². The molecule has 2 aliphatic heterocycles. The second-order valence-corrected chi connectivity index (χ2v) is 5.66. The second kappa shape index (κ2) is 6.22. The number of benzene rings is 1. The van der Waals surface area contributed by atoms with Gasteiger partial charge in [0.25, 0.3) is 0 Å². The summed E-state index contributed by atoms with van der Waals surface area (Å²) in [6, 6.07) is 8.45. The number of hydrogen-bond acceptors (Lipinski definition) is 4. The third-order valence-corrected chi connectivity index (χ3v) is 4.29. The van der Waals surface area contributed by atoms with E-state index >= 15 is 0 Å². The lowest BCUT2D eigenvalue weighted by molar-refractivity contribution is -0.149. The van der Waals surface area contributed by atoms with Gasteiger partial charge in [-0.1, -0.05) is 24.3 Å². The second-order valence-electron chi connectivity index (χ2n) is 5.66. The highest BCUT2D eigenvalue weighted by Gasteiger charge is 2.34. The molecule has 2 unspecified atom stereocenters. The molecule has 0 amide bonds. The van der Waals surface area contributed by atoms with Crippen molar-refractivity contribution in [1.82, 2.24) is 0 Å². The summed E-state index contributed by atoms with van der Waals surface area (Å²) in [5.41, 5.74) is 8.20. The Balaban J connectivity index is 1.66. The molecule has 20 heavy (non-hydrogen) atoms. The molecular formula is C16H23NO3. The van der Waals surface area contributed by atoms with Crippen LogP contribution in [-0.2, 0) is 20.6 Å². The summed E-state index contributed by atoms with van der Waals surface area (Å²) in [7, 11) is 0. The van der Waals surface area contributed by atoms with Crippen LogP contribution in [0.2, 0.25) is 0 Å². The van der Waals surface area contributed by atoms with Gasteiger partial charge in [-0.05, 0) is 30.4 Å². The lowest BCUT2D eigenvalue weighted by Crippen LogP contribution is -2.48. The van der Waals surface area contributed by atoms with Crippen LogP contribution < -0.4 is 5.73 Å². The molecule has 1 fully saturated rings. The molecule has 2 N–H and O–H groups in total. The first-order valence-corrected chi connectivity index (χ1v) is 7.44. The Hall–Kier alpha value is -0.940. The van der Waals surface area contributed by atoms with Gasteiger partial charge in [-0.15, -0.1) is 0 Å². The zero-order chi connectivity index (χ0) is 13.8. The van der Waals surface area contributed by atoms with E-state index in [9.17, 15) is 0 Å². The van der Waals surface area contributed by atoms with Gasteiger partial charge in [-0.3, -0.25) is 0 Å². The largest absolute Gasteiger partial charge is 0.378 e. The fraction of sp³-hybridized carbons (Fsp3) is 0.625. The predicted octanol–water partition coefficient (Wildman–Crippen LogP) is 1.82. The summed E-state index contributed by atoms with van der Waals surface area (Å²) in [5, 5.41) is 0. The number of hydrogen-bond donors (Lipinski definition) is 1. The molecule has 2 aliphatic rings. The minimum Gasteiger partial charge on any atom is -0.378 e. The summed E-state index contributed by atoms with van der Waals surface area (Å²) < 4.78 is 17.6. The van der Waals surface area contributed by atoms with Crippen LogP contribution in [0.5, 0.6) is 0 Å². The smallest absolute Gasteiger partial charge is 0.106 e. The Morgan fingerprint density at radius 2 is 2.20 bits per heavy atom. The molecule has 0 aliphatic carbocycles. The molecule has 0 aromatic heterocycles. The van der Waals surface area contributed by atoms with Gasteiger partial charge < -0.3 is 19.9 Å². The summed E-state index contributed by atoms with van der Waals surface area (Å²) in [5.74, 6) is 0. The molecule has 4 heteroatoms. The molecule has 2 heterocycles. The van der Waals surface area contributed by atoms with E-state index in [1.165, 1.54) is 11.1 Å². The van der Waals surface area contributed by atoms with Gasteiger partial charge in [-0.25, -0.2) is 0 Å². The first kappa shape index (κ1) is 14.0. The van der Waals surface area contributed by atoms with Crippen molar-refractivity contribution in [2.75, 3.05) is 33.0 Å². The molecule has 0 bridgehead atoms. The third-order valence-electron chi connectivity index (χ3n) is 4.29.